The number of hydrogen-bond donors (Lipinski definition) is 1. The van der Waals surface area contributed by atoms with Crippen LogP contribution in [-0.2, 0) is 0 Å². The monoisotopic (exact) mass is 234 g/mol. The molecule has 0 aromatic rings. The summed E-state index contributed by atoms with van der Waals surface area (Å²) in [7, 11) is 0. The standard InChI is InChI=1S/C11H17F3N2/c1-7-3-4-9(5-15)16-6-8(2)10(7)11(12,13)14/h3-4,7-8,10H,5-6,15H2,1-2H3. The third-order valence-corrected chi connectivity index (χ3v) is 2.94. The third-order valence-electron chi connectivity index (χ3n) is 2.94. The lowest BCUT2D eigenvalue weighted by molar-refractivity contribution is -0.195. The molecule has 0 radical (unpaired) electrons. The van der Waals surface area contributed by atoms with E-state index in [2.05, 4.69) is 4.99 Å². The average molecular weight is 234 g/mol. The van der Waals surface area contributed by atoms with E-state index >= 15 is 0 Å². The van der Waals surface area contributed by atoms with Crippen LogP contribution >= 0.6 is 0 Å². The lowest BCUT2D eigenvalue weighted by Crippen LogP contribution is -2.36. The summed E-state index contributed by atoms with van der Waals surface area (Å²) in [6.07, 6.45) is -1.01. The van der Waals surface area contributed by atoms with Crippen LogP contribution in [0.2, 0.25) is 0 Å². The van der Waals surface area contributed by atoms with Gasteiger partial charge in [0.2, 0.25) is 0 Å². The topological polar surface area (TPSA) is 38.4 Å². The Kier molecular flexibility index (Phi) is 4.13. The molecular formula is C11H17F3N2. The van der Waals surface area contributed by atoms with E-state index in [9.17, 15) is 13.2 Å². The van der Waals surface area contributed by atoms with Gasteiger partial charge < -0.3 is 5.73 Å². The molecule has 0 saturated carbocycles. The molecule has 0 aromatic heterocycles. The van der Waals surface area contributed by atoms with Crippen LogP contribution in [0, 0.1) is 17.8 Å². The number of rotatable bonds is 1. The fraction of sp³-hybridized carbons (Fsp3) is 0.727. The minimum Gasteiger partial charge on any atom is -0.325 e. The second-order valence-corrected chi connectivity index (χ2v) is 4.30. The summed E-state index contributed by atoms with van der Waals surface area (Å²) in [5.41, 5.74) is 6.10. The van der Waals surface area contributed by atoms with Gasteiger partial charge in [0.1, 0.15) is 0 Å². The zero-order valence-electron chi connectivity index (χ0n) is 9.46. The Labute approximate surface area is 93.4 Å². The van der Waals surface area contributed by atoms with Crippen molar-refractivity contribution in [3.63, 3.8) is 0 Å². The SMILES string of the molecule is CC1C=CC(CN)=NCC(C)C1C(F)(F)F. The predicted molar refractivity (Wildman–Crippen MR) is 58.4 cm³/mol. The first-order chi connectivity index (χ1) is 7.36. The highest BCUT2D eigenvalue weighted by Crippen LogP contribution is 2.38. The van der Waals surface area contributed by atoms with E-state index in [1.165, 1.54) is 0 Å². The first-order valence-corrected chi connectivity index (χ1v) is 5.34. The molecular weight excluding hydrogens is 217 g/mol. The van der Waals surface area contributed by atoms with Crippen molar-refractivity contribution in [2.75, 3.05) is 13.1 Å². The van der Waals surface area contributed by atoms with E-state index < -0.39 is 23.9 Å². The molecule has 92 valence electrons. The summed E-state index contributed by atoms with van der Waals surface area (Å²) >= 11 is 0. The Morgan fingerprint density at radius 3 is 2.56 bits per heavy atom. The van der Waals surface area contributed by atoms with Crippen LogP contribution in [-0.4, -0.2) is 25.0 Å². The lowest BCUT2D eigenvalue weighted by Gasteiger charge is -2.30. The quantitative estimate of drug-likeness (QED) is 0.743. The molecule has 1 aliphatic heterocycles. The van der Waals surface area contributed by atoms with Crippen LogP contribution in [0.15, 0.2) is 17.1 Å². The van der Waals surface area contributed by atoms with Crippen LogP contribution in [0.4, 0.5) is 13.2 Å². The molecule has 0 bridgehead atoms. The Hall–Kier alpha value is -0.840. The van der Waals surface area contributed by atoms with Crippen LogP contribution in [0.5, 0.6) is 0 Å². The second-order valence-electron chi connectivity index (χ2n) is 4.30. The fourth-order valence-electron chi connectivity index (χ4n) is 2.08. The Morgan fingerprint density at radius 1 is 1.44 bits per heavy atom. The smallest absolute Gasteiger partial charge is 0.325 e. The van der Waals surface area contributed by atoms with E-state index in [1.54, 1.807) is 26.0 Å². The van der Waals surface area contributed by atoms with Gasteiger partial charge in [-0.3, -0.25) is 4.99 Å². The van der Waals surface area contributed by atoms with Gasteiger partial charge in [0.05, 0.1) is 5.92 Å². The zero-order chi connectivity index (χ0) is 12.3. The molecule has 0 spiro atoms. The fourth-order valence-corrected chi connectivity index (χ4v) is 2.08. The summed E-state index contributed by atoms with van der Waals surface area (Å²) in [4.78, 5) is 4.09. The van der Waals surface area contributed by atoms with Gasteiger partial charge in [0.15, 0.2) is 0 Å². The maximum absolute atomic E-state index is 12.8. The van der Waals surface area contributed by atoms with Gasteiger partial charge in [-0.25, -0.2) is 0 Å². The molecule has 1 aliphatic rings. The van der Waals surface area contributed by atoms with E-state index in [0.717, 1.165) is 0 Å². The van der Waals surface area contributed by atoms with Crippen LogP contribution in [0.1, 0.15) is 13.8 Å². The molecule has 5 heteroatoms. The van der Waals surface area contributed by atoms with Crippen LogP contribution in [0.25, 0.3) is 0 Å². The molecule has 0 fully saturated rings. The molecule has 3 atom stereocenters. The zero-order valence-corrected chi connectivity index (χ0v) is 9.46. The van der Waals surface area contributed by atoms with Crippen molar-refractivity contribution < 1.29 is 13.2 Å². The Balaban J connectivity index is 2.93. The van der Waals surface area contributed by atoms with E-state index in [-0.39, 0.29) is 13.1 Å². The highest BCUT2D eigenvalue weighted by atomic mass is 19.4. The van der Waals surface area contributed by atoms with Crippen molar-refractivity contribution in [2.45, 2.75) is 20.0 Å². The normalized spacial score (nSPS) is 31.9. The first-order valence-electron chi connectivity index (χ1n) is 5.34. The van der Waals surface area contributed by atoms with Crippen LogP contribution in [0.3, 0.4) is 0 Å². The molecule has 2 nitrogen and oxygen atoms in total. The van der Waals surface area contributed by atoms with Gasteiger partial charge in [0, 0.05) is 18.8 Å². The number of allylic oxidation sites excluding steroid dienone is 1. The van der Waals surface area contributed by atoms with Crippen molar-refractivity contribution >= 4 is 5.71 Å². The molecule has 0 amide bonds. The Bertz CT molecular complexity index is 294. The van der Waals surface area contributed by atoms with Crippen molar-refractivity contribution in [1.29, 1.82) is 0 Å². The molecule has 16 heavy (non-hydrogen) atoms. The van der Waals surface area contributed by atoms with Crippen molar-refractivity contribution in [2.24, 2.45) is 28.5 Å². The van der Waals surface area contributed by atoms with Gasteiger partial charge in [-0.05, 0) is 17.9 Å². The van der Waals surface area contributed by atoms with Gasteiger partial charge >= 0.3 is 6.18 Å². The largest absolute Gasteiger partial charge is 0.392 e. The number of hydrogen-bond acceptors (Lipinski definition) is 2. The van der Waals surface area contributed by atoms with Crippen molar-refractivity contribution in [3.8, 4) is 0 Å². The number of aliphatic imine (C=N–C) groups is 1. The number of nitrogens with two attached hydrogens (primary N) is 1. The second kappa shape index (κ2) is 4.99. The van der Waals surface area contributed by atoms with Crippen LogP contribution < -0.4 is 5.73 Å². The van der Waals surface area contributed by atoms with Gasteiger partial charge in [-0.2, -0.15) is 13.2 Å². The summed E-state index contributed by atoms with van der Waals surface area (Å²) in [5, 5.41) is 0. The van der Waals surface area contributed by atoms with E-state index in [0.29, 0.717) is 5.71 Å². The molecule has 0 aromatic carbocycles. The maximum atomic E-state index is 12.8. The minimum atomic E-state index is -4.17. The highest BCUT2D eigenvalue weighted by Gasteiger charge is 2.45. The lowest BCUT2D eigenvalue weighted by atomic mass is 9.82. The number of halogens is 3. The number of nitrogens with zero attached hydrogens (tertiary/aromatic N) is 1. The molecule has 1 heterocycles. The molecule has 0 saturated heterocycles. The number of alkyl halides is 3. The maximum Gasteiger partial charge on any atom is 0.392 e. The van der Waals surface area contributed by atoms with Crippen molar-refractivity contribution in [3.05, 3.63) is 12.2 Å². The first kappa shape index (κ1) is 13.2. The highest BCUT2D eigenvalue weighted by molar-refractivity contribution is 5.96. The molecule has 1 rings (SSSR count). The average Bonchev–Trinajstić information content (AvgIpc) is 2.13. The van der Waals surface area contributed by atoms with Gasteiger partial charge in [-0.15, -0.1) is 0 Å². The molecule has 2 N–H and O–H groups in total. The predicted octanol–water partition coefficient (Wildman–Crippen LogP) is 2.41. The van der Waals surface area contributed by atoms with E-state index in [1.807, 2.05) is 0 Å². The third kappa shape index (κ3) is 3.07. The Morgan fingerprint density at radius 2 is 2.06 bits per heavy atom. The minimum absolute atomic E-state index is 0.186. The summed E-state index contributed by atoms with van der Waals surface area (Å²) in [6.45, 7) is 3.63. The van der Waals surface area contributed by atoms with E-state index in [4.69, 9.17) is 5.73 Å². The van der Waals surface area contributed by atoms with Gasteiger partial charge in [-0.1, -0.05) is 19.9 Å². The molecule has 3 unspecified atom stereocenters. The summed E-state index contributed by atoms with van der Waals surface area (Å²) < 4.78 is 38.5. The summed E-state index contributed by atoms with van der Waals surface area (Å²) in [6, 6.07) is 0. The van der Waals surface area contributed by atoms with Gasteiger partial charge in [0.25, 0.3) is 0 Å². The summed E-state index contributed by atoms with van der Waals surface area (Å²) in [5.74, 6) is -2.37. The van der Waals surface area contributed by atoms with Crippen molar-refractivity contribution in [1.82, 2.24) is 0 Å². The molecule has 0 aliphatic carbocycles.